The molecule has 37 heavy (non-hydrogen) atoms. The van der Waals surface area contributed by atoms with Crippen molar-refractivity contribution in [2.24, 2.45) is 0 Å². The molecule has 0 radical (unpaired) electrons. The minimum atomic E-state index is -0.180. The molecule has 3 rings (SSSR count). The van der Waals surface area contributed by atoms with Gasteiger partial charge in [0, 0.05) is 59.9 Å². The highest BCUT2D eigenvalue weighted by atomic mass is 35.5. The van der Waals surface area contributed by atoms with Gasteiger partial charge in [0.1, 0.15) is 6.33 Å². The van der Waals surface area contributed by atoms with E-state index in [0.29, 0.717) is 23.4 Å². The fourth-order valence-electron chi connectivity index (χ4n) is 3.98. The molecule has 0 atom stereocenters. The lowest BCUT2D eigenvalue weighted by atomic mass is 10.0. The molecule has 0 amide bonds. The number of halogens is 1. The largest absolute Gasteiger partial charge is 0.327 e. The Hall–Kier alpha value is -2.55. The molecule has 198 valence electrons. The van der Waals surface area contributed by atoms with Gasteiger partial charge in [-0.2, -0.15) is 4.98 Å². The minimum Gasteiger partial charge on any atom is -0.327 e. The number of ketones is 1. The summed E-state index contributed by atoms with van der Waals surface area (Å²) in [7, 11) is 4.13. The molecule has 3 aromatic rings. The van der Waals surface area contributed by atoms with Gasteiger partial charge >= 0.3 is 0 Å². The first kappa shape index (κ1) is 29.0. The molecule has 0 bridgehead atoms. The van der Waals surface area contributed by atoms with Gasteiger partial charge in [-0.05, 0) is 69.7 Å². The van der Waals surface area contributed by atoms with Crippen LogP contribution in [0.15, 0.2) is 59.1 Å². The first-order valence-corrected chi connectivity index (χ1v) is 14.2. The van der Waals surface area contributed by atoms with Crippen molar-refractivity contribution < 1.29 is 4.79 Å². The summed E-state index contributed by atoms with van der Waals surface area (Å²) in [6, 6.07) is 7.10. The van der Waals surface area contributed by atoms with Crippen molar-refractivity contribution in [2.45, 2.75) is 63.1 Å². The summed E-state index contributed by atoms with van der Waals surface area (Å²) < 4.78 is 2.12. The van der Waals surface area contributed by atoms with Crippen LogP contribution in [-0.2, 0) is 13.0 Å². The van der Waals surface area contributed by atoms with Crippen LogP contribution in [-0.4, -0.2) is 56.6 Å². The Balaban J connectivity index is 1.45. The Bertz CT molecular complexity index is 1170. The van der Waals surface area contributed by atoms with Gasteiger partial charge < -0.3 is 9.47 Å². The number of aryl methyl sites for hydroxylation is 1. The highest BCUT2D eigenvalue weighted by Gasteiger charge is 2.11. The number of Topliss-reactive ketones (excluding diaryl/α,β-unsaturated/α-hetero) is 1. The molecule has 0 aliphatic heterocycles. The number of aromatic nitrogens is 4. The van der Waals surface area contributed by atoms with Gasteiger partial charge in [0.15, 0.2) is 10.9 Å². The quantitative estimate of drug-likeness (QED) is 0.102. The number of nitrogens with zero attached hydrogens (tertiary/aromatic N) is 5. The third-order valence-corrected chi connectivity index (χ3v) is 7.32. The molecule has 1 aromatic carbocycles. The van der Waals surface area contributed by atoms with Crippen molar-refractivity contribution in [3.63, 3.8) is 0 Å². The van der Waals surface area contributed by atoms with Crippen molar-refractivity contribution in [3.8, 4) is 0 Å². The normalized spacial score (nSPS) is 11.2. The van der Waals surface area contributed by atoms with Crippen LogP contribution in [0.4, 0.5) is 0 Å². The maximum absolute atomic E-state index is 12.7. The molecule has 0 fully saturated rings. The lowest BCUT2D eigenvalue weighted by Crippen LogP contribution is -2.21. The van der Waals surface area contributed by atoms with Crippen LogP contribution in [0.3, 0.4) is 0 Å². The van der Waals surface area contributed by atoms with E-state index in [1.165, 1.54) is 6.33 Å². The molecule has 0 saturated heterocycles. The van der Waals surface area contributed by atoms with Crippen molar-refractivity contribution >= 4 is 29.1 Å². The van der Waals surface area contributed by atoms with E-state index in [9.17, 15) is 9.59 Å². The maximum Gasteiger partial charge on any atom is 0.277 e. The first-order chi connectivity index (χ1) is 17.9. The van der Waals surface area contributed by atoms with Gasteiger partial charge in [0.25, 0.3) is 5.56 Å². The van der Waals surface area contributed by atoms with Gasteiger partial charge in [-0.3, -0.25) is 9.59 Å². The maximum atomic E-state index is 12.7. The van der Waals surface area contributed by atoms with Gasteiger partial charge in [-0.25, -0.2) is 9.97 Å². The summed E-state index contributed by atoms with van der Waals surface area (Å²) in [4.78, 5) is 39.7. The van der Waals surface area contributed by atoms with Crippen LogP contribution < -0.4 is 5.56 Å². The number of unbranched alkanes of at least 4 members (excludes halogenated alkanes) is 4. The number of thioether (sulfide) groups is 1. The Kier molecular flexibility index (Phi) is 12.3. The van der Waals surface area contributed by atoms with E-state index >= 15 is 0 Å². The molecule has 2 aromatic heterocycles. The van der Waals surface area contributed by atoms with E-state index in [1.807, 2.05) is 6.20 Å². The van der Waals surface area contributed by atoms with E-state index in [-0.39, 0.29) is 11.3 Å². The van der Waals surface area contributed by atoms with Crippen LogP contribution in [0.5, 0.6) is 0 Å². The molecule has 9 heteroatoms. The van der Waals surface area contributed by atoms with Gasteiger partial charge in [-0.15, -0.1) is 0 Å². The number of benzene rings is 1. The summed E-state index contributed by atoms with van der Waals surface area (Å²) in [6.07, 6.45) is 14.1. The summed E-state index contributed by atoms with van der Waals surface area (Å²) >= 11 is 7.54. The lowest BCUT2D eigenvalue weighted by molar-refractivity contribution is 0.0979. The van der Waals surface area contributed by atoms with Crippen molar-refractivity contribution in [1.29, 1.82) is 0 Å². The molecule has 0 N–H and O–H groups in total. The molecular formula is C28H36ClN5O2S. The molecular weight excluding hydrogens is 506 g/mol. The molecule has 0 aliphatic carbocycles. The summed E-state index contributed by atoms with van der Waals surface area (Å²) in [5.41, 5.74) is 2.11. The monoisotopic (exact) mass is 541 g/mol. The average Bonchev–Trinajstić information content (AvgIpc) is 2.88. The fraction of sp³-hybridized carbons (Fsp3) is 0.464. The van der Waals surface area contributed by atoms with Crippen molar-refractivity contribution in [1.82, 2.24) is 24.4 Å². The minimum absolute atomic E-state index is 0.175. The highest BCUT2D eigenvalue weighted by Crippen LogP contribution is 2.19. The van der Waals surface area contributed by atoms with E-state index in [1.54, 1.807) is 48.4 Å². The Morgan fingerprint density at radius 3 is 2.43 bits per heavy atom. The predicted octanol–water partition coefficient (Wildman–Crippen LogP) is 5.54. The van der Waals surface area contributed by atoms with Crippen LogP contribution in [0.1, 0.15) is 66.4 Å². The zero-order valence-electron chi connectivity index (χ0n) is 21.7. The fourth-order valence-corrected chi connectivity index (χ4v) is 5.09. The van der Waals surface area contributed by atoms with Crippen LogP contribution in [0.25, 0.3) is 0 Å². The number of rotatable bonds is 16. The van der Waals surface area contributed by atoms with E-state index in [2.05, 4.69) is 38.5 Å². The van der Waals surface area contributed by atoms with E-state index in [0.717, 1.165) is 73.7 Å². The number of hydrogen-bond donors (Lipinski definition) is 0. The highest BCUT2D eigenvalue weighted by molar-refractivity contribution is 7.99. The Morgan fingerprint density at radius 1 is 1.00 bits per heavy atom. The Morgan fingerprint density at radius 2 is 1.70 bits per heavy atom. The van der Waals surface area contributed by atoms with Crippen LogP contribution in [0, 0.1) is 0 Å². The molecule has 7 nitrogen and oxygen atoms in total. The van der Waals surface area contributed by atoms with Gasteiger partial charge in [-0.1, -0.05) is 42.6 Å². The summed E-state index contributed by atoms with van der Waals surface area (Å²) in [5, 5.41) is 1.43. The van der Waals surface area contributed by atoms with Crippen molar-refractivity contribution in [3.05, 3.63) is 81.3 Å². The number of carbonyl (C=O) groups is 1. The van der Waals surface area contributed by atoms with Crippen LogP contribution in [0.2, 0.25) is 5.02 Å². The zero-order valence-corrected chi connectivity index (χ0v) is 23.3. The van der Waals surface area contributed by atoms with Crippen LogP contribution >= 0.6 is 23.4 Å². The van der Waals surface area contributed by atoms with E-state index < -0.39 is 0 Å². The third-order valence-electron chi connectivity index (χ3n) is 5.99. The third kappa shape index (κ3) is 10.4. The topological polar surface area (TPSA) is 81.0 Å². The first-order valence-electron chi connectivity index (χ1n) is 12.8. The second-order valence-electron chi connectivity index (χ2n) is 9.42. The average molecular weight is 542 g/mol. The lowest BCUT2D eigenvalue weighted by Gasteiger charge is -2.15. The van der Waals surface area contributed by atoms with Crippen molar-refractivity contribution in [2.75, 3.05) is 26.4 Å². The smallest absolute Gasteiger partial charge is 0.277 e. The Labute approximate surface area is 228 Å². The molecule has 0 aliphatic rings. The molecule has 0 unspecified atom stereocenters. The standard InChI is InChI=1S/C28H36ClN5O2S/c1-33(2)14-8-15-34-20-24(17-22-18-30-21-31-19-22)27(36)32-28(34)37-16-7-5-3-4-6-9-26(35)23-10-12-25(29)13-11-23/h10-13,18-21H,3-9,14-17H2,1-2H3. The molecule has 2 heterocycles. The number of carbonyl (C=O) groups excluding carboxylic acids is 1. The summed E-state index contributed by atoms with van der Waals surface area (Å²) in [5.74, 6) is 1.09. The second kappa shape index (κ2) is 15.6. The predicted molar refractivity (Wildman–Crippen MR) is 151 cm³/mol. The van der Waals surface area contributed by atoms with Gasteiger partial charge in [0.05, 0.1) is 0 Å². The number of hydrogen-bond acceptors (Lipinski definition) is 7. The summed E-state index contributed by atoms with van der Waals surface area (Å²) in [6.45, 7) is 1.78. The van der Waals surface area contributed by atoms with Gasteiger partial charge in [0.2, 0.25) is 0 Å². The molecule has 0 saturated carbocycles. The van der Waals surface area contributed by atoms with E-state index in [4.69, 9.17) is 11.6 Å². The molecule has 0 spiro atoms. The second-order valence-corrected chi connectivity index (χ2v) is 10.9. The zero-order chi connectivity index (χ0) is 26.5. The SMILES string of the molecule is CN(C)CCCn1cc(Cc2cncnc2)c(=O)nc1SCCCCCCCC(=O)c1ccc(Cl)cc1.